The Kier molecular flexibility index (Phi) is 7.68. The van der Waals surface area contributed by atoms with Crippen LogP contribution in [0, 0.1) is 11.6 Å². The number of ether oxygens (including phenoxy) is 1. The highest BCUT2D eigenvalue weighted by Gasteiger charge is 2.14. The van der Waals surface area contributed by atoms with Gasteiger partial charge in [-0.3, -0.25) is 4.79 Å². The fraction of sp³-hybridized carbons (Fsp3) is 0.533. The molecule has 0 saturated carbocycles. The van der Waals surface area contributed by atoms with E-state index < -0.39 is 17.5 Å². The predicted molar refractivity (Wildman–Crippen MR) is 78.6 cm³/mol. The number of carbonyl (C=O) groups excluding carboxylic acids is 1. The monoisotopic (exact) mass is 300 g/mol. The van der Waals surface area contributed by atoms with Crippen molar-refractivity contribution < 1.29 is 18.3 Å². The lowest BCUT2D eigenvalue weighted by atomic mass is 10.1. The summed E-state index contributed by atoms with van der Waals surface area (Å²) in [6.07, 6.45) is 1.40. The van der Waals surface area contributed by atoms with Gasteiger partial charge in [0.05, 0.1) is 0 Å². The van der Waals surface area contributed by atoms with E-state index in [4.69, 9.17) is 4.74 Å². The van der Waals surface area contributed by atoms with Gasteiger partial charge < -0.3 is 15.4 Å². The van der Waals surface area contributed by atoms with E-state index in [1.807, 2.05) is 13.8 Å². The minimum Gasteiger partial charge on any atom is -0.382 e. The third-order valence-electron chi connectivity index (χ3n) is 2.81. The summed E-state index contributed by atoms with van der Waals surface area (Å²) in [7, 11) is 0. The zero-order chi connectivity index (χ0) is 15.7. The zero-order valence-electron chi connectivity index (χ0n) is 12.5. The first kappa shape index (κ1) is 17.4. The standard InChI is InChI=1S/C15H22F2N2O2/c1-3-6-18-14-12(16)9-11(10-13(14)17)15(20)19-7-5-8-21-4-2/h9-10,18H,3-8H2,1-2H3,(H,19,20). The molecule has 0 atom stereocenters. The molecule has 1 aromatic rings. The Morgan fingerprint density at radius 2 is 1.86 bits per heavy atom. The highest BCUT2D eigenvalue weighted by atomic mass is 19.1. The topological polar surface area (TPSA) is 50.4 Å². The molecule has 0 aliphatic rings. The van der Waals surface area contributed by atoms with Crippen LogP contribution < -0.4 is 10.6 Å². The number of nitrogens with one attached hydrogen (secondary N) is 2. The summed E-state index contributed by atoms with van der Waals surface area (Å²) < 4.78 is 32.7. The molecular formula is C15H22F2N2O2. The fourth-order valence-corrected chi connectivity index (χ4v) is 1.75. The minimum atomic E-state index is -0.761. The van der Waals surface area contributed by atoms with Crippen molar-refractivity contribution in [3.63, 3.8) is 0 Å². The van der Waals surface area contributed by atoms with Gasteiger partial charge in [-0.15, -0.1) is 0 Å². The van der Waals surface area contributed by atoms with E-state index in [0.717, 1.165) is 18.6 Å². The van der Waals surface area contributed by atoms with Crippen molar-refractivity contribution in [3.05, 3.63) is 29.3 Å². The molecule has 0 aliphatic carbocycles. The Morgan fingerprint density at radius 3 is 2.43 bits per heavy atom. The molecule has 1 rings (SSSR count). The number of carbonyl (C=O) groups is 1. The van der Waals surface area contributed by atoms with E-state index in [-0.39, 0.29) is 11.3 Å². The van der Waals surface area contributed by atoms with Crippen molar-refractivity contribution in [3.8, 4) is 0 Å². The number of rotatable bonds is 9. The first-order chi connectivity index (χ1) is 10.1. The van der Waals surface area contributed by atoms with Crippen LogP contribution in [-0.4, -0.2) is 32.2 Å². The lowest BCUT2D eigenvalue weighted by molar-refractivity contribution is 0.0943. The number of halogens is 2. The van der Waals surface area contributed by atoms with E-state index in [0.29, 0.717) is 32.7 Å². The summed E-state index contributed by atoms with van der Waals surface area (Å²) in [5, 5.41) is 5.27. The van der Waals surface area contributed by atoms with Gasteiger partial charge in [0.2, 0.25) is 0 Å². The van der Waals surface area contributed by atoms with Crippen LogP contribution in [-0.2, 0) is 4.74 Å². The molecule has 2 N–H and O–H groups in total. The van der Waals surface area contributed by atoms with Crippen LogP contribution >= 0.6 is 0 Å². The van der Waals surface area contributed by atoms with Crippen molar-refractivity contribution in [2.45, 2.75) is 26.7 Å². The van der Waals surface area contributed by atoms with Crippen LogP contribution in [0.4, 0.5) is 14.5 Å². The van der Waals surface area contributed by atoms with Crippen LogP contribution in [0.5, 0.6) is 0 Å². The van der Waals surface area contributed by atoms with Crippen molar-refractivity contribution >= 4 is 11.6 Å². The maximum absolute atomic E-state index is 13.8. The molecule has 0 saturated heterocycles. The van der Waals surface area contributed by atoms with Crippen molar-refractivity contribution in [2.24, 2.45) is 0 Å². The summed E-state index contributed by atoms with van der Waals surface area (Å²) in [6, 6.07) is 2.08. The van der Waals surface area contributed by atoms with Gasteiger partial charge in [0.25, 0.3) is 5.91 Å². The Morgan fingerprint density at radius 1 is 1.19 bits per heavy atom. The molecule has 0 spiro atoms. The maximum atomic E-state index is 13.8. The van der Waals surface area contributed by atoms with Gasteiger partial charge in [-0.05, 0) is 31.9 Å². The van der Waals surface area contributed by atoms with Gasteiger partial charge in [0.1, 0.15) is 17.3 Å². The van der Waals surface area contributed by atoms with Crippen molar-refractivity contribution in [1.29, 1.82) is 0 Å². The molecule has 0 bridgehead atoms. The Labute approximate surface area is 123 Å². The maximum Gasteiger partial charge on any atom is 0.251 e. The normalized spacial score (nSPS) is 10.5. The quantitative estimate of drug-likeness (QED) is 0.689. The van der Waals surface area contributed by atoms with Gasteiger partial charge in [-0.1, -0.05) is 6.92 Å². The summed E-state index contributed by atoms with van der Waals surface area (Å²) in [5.74, 6) is -2.02. The van der Waals surface area contributed by atoms with Crippen LogP contribution in [0.25, 0.3) is 0 Å². The van der Waals surface area contributed by atoms with E-state index in [1.54, 1.807) is 0 Å². The lowest BCUT2D eigenvalue weighted by Gasteiger charge is -2.10. The van der Waals surface area contributed by atoms with E-state index in [1.165, 1.54) is 0 Å². The van der Waals surface area contributed by atoms with Crippen LogP contribution in [0.15, 0.2) is 12.1 Å². The fourth-order valence-electron chi connectivity index (χ4n) is 1.75. The summed E-state index contributed by atoms with van der Waals surface area (Å²) in [6.45, 7) is 5.82. The second kappa shape index (κ2) is 9.28. The smallest absolute Gasteiger partial charge is 0.251 e. The molecule has 21 heavy (non-hydrogen) atoms. The second-order valence-electron chi connectivity index (χ2n) is 4.55. The summed E-state index contributed by atoms with van der Waals surface area (Å²) in [4.78, 5) is 11.8. The first-order valence-corrected chi connectivity index (χ1v) is 7.19. The van der Waals surface area contributed by atoms with Gasteiger partial charge >= 0.3 is 0 Å². The molecule has 1 aromatic carbocycles. The number of hydrogen-bond acceptors (Lipinski definition) is 3. The van der Waals surface area contributed by atoms with Crippen molar-refractivity contribution in [1.82, 2.24) is 5.32 Å². The summed E-state index contributed by atoms with van der Waals surface area (Å²) >= 11 is 0. The first-order valence-electron chi connectivity index (χ1n) is 7.19. The average molecular weight is 300 g/mol. The molecule has 0 fully saturated rings. The number of anilines is 1. The Bertz CT molecular complexity index is 444. The molecule has 6 heteroatoms. The van der Waals surface area contributed by atoms with E-state index >= 15 is 0 Å². The van der Waals surface area contributed by atoms with Crippen LogP contribution in [0.1, 0.15) is 37.0 Å². The molecular weight excluding hydrogens is 278 g/mol. The summed E-state index contributed by atoms with van der Waals surface area (Å²) in [5.41, 5.74) is -0.215. The molecule has 0 heterocycles. The van der Waals surface area contributed by atoms with Crippen LogP contribution in [0.3, 0.4) is 0 Å². The molecule has 0 radical (unpaired) electrons. The van der Waals surface area contributed by atoms with Gasteiger partial charge in [0.15, 0.2) is 0 Å². The van der Waals surface area contributed by atoms with Gasteiger partial charge in [-0.2, -0.15) is 0 Å². The second-order valence-corrected chi connectivity index (χ2v) is 4.55. The third-order valence-corrected chi connectivity index (χ3v) is 2.81. The van der Waals surface area contributed by atoms with E-state index in [9.17, 15) is 13.6 Å². The van der Waals surface area contributed by atoms with E-state index in [2.05, 4.69) is 10.6 Å². The largest absolute Gasteiger partial charge is 0.382 e. The Balaban J connectivity index is 2.60. The predicted octanol–water partition coefficient (Wildman–Crippen LogP) is 2.94. The molecule has 0 aliphatic heterocycles. The molecule has 118 valence electrons. The average Bonchev–Trinajstić information content (AvgIpc) is 2.46. The lowest BCUT2D eigenvalue weighted by Crippen LogP contribution is -2.25. The van der Waals surface area contributed by atoms with Crippen molar-refractivity contribution in [2.75, 3.05) is 31.6 Å². The highest BCUT2D eigenvalue weighted by Crippen LogP contribution is 2.20. The zero-order valence-corrected chi connectivity index (χ0v) is 12.5. The molecule has 0 aromatic heterocycles. The molecule has 1 amide bonds. The minimum absolute atomic E-state index is 0.0246. The van der Waals surface area contributed by atoms with Crippen LogP contribution in [0.2, 0.25) is 0 Å². The molecule has 4 nitrogen and oxygen atoms in total. The SMILES string of the molecule is CCCNc1c(F)cc(C(=O)NCCCOCC)cc1F. The number of amides is 1. The van der Waals surface area contributed by atoms with Gasteiger partial charge in [0, 0.05) is 31.9 Å². The highest BCUT2D eigenvalue weighted by molar-refractivity contribution is 5.94. The number of benzene rings is 1. The Hall–Kier alpha value is -1.69. The van der Waals surface area contributed by atoms with Gasteiger partial charge in [-0.25, -0.2) is 8.78 Å². The molecule has 0 unspecified atom stereocenters. The third kappa shape index (κ3) is 5.67. The number of hydrogen-bond donors (Lipinski definition) is 2.